The Balaban J connectivity index is 1.53. The van der Waals surface area contributed by atoms with Crippen LogP contribution in [0.3, 0.4) is 0 Å². The molecule has 2 unspecified atom stereocenters. The van der Waals surface area contributed by atoms with Crippen molar-refractivity contribution in [3.63, 3.8) is 0 Å². The molecule has 27 heavy (non-hydrogen) atoms. The molecule has 1 aliphatic carbocycles. The van der Waals surface area contributed by atoms with Crippen LogP contribution in [0.25, 0.3) is 11.1 Å². The Morgan fingerprint density at radius 2 is 2.11 bits per heavy atom. The van der Waals surface area contributed by atoms with Crippen molar-refractivity contribution in [3.05, 3.63) is 46.2 Å². The van der Waals surface area contributed by atoms with Gasteiger partial charge in [0.05, 0.1) is 5.92 Å². The number of oxazole rings is 1. The molecule has 1 fully saturated rings. The Bertz CT molecular complexity index is 1060. The van der Waals surface area contributed by atoms with E-state index in [4.69, 9.17) is 9.41 Å². The average Bonchev–Trinajstić information content (AvgIpc) is 3.26. The Morgan fingerprint density at radius 3 is 2.93 bits per heavy atom. The van der Waals surface area contributed by atoms with Crippen LogP contribution in [0.15, 0.2) is 50.1 Å². The van der Waals surface area contributed by atoms with Crippen LogP contribution >= 0.6 is 11.3 Å². The number of benzene rings is 1. The second kappa shape index (κ2) is 6.42. The largest absolute Gasteiger partial charge is 0.423 e. The summed E-state index contributed by atoms with van der Waals surface area (Å²) in [6.07, 6.45) is 2.28. The fraction of sp³-hybridized carbons (Fsp3) is 0.300. The molecule has 3 aromatic rings. The topological polar surface area (TPSA) is 79.8 Å². The Morgan fingerprint density at radius 1 is 1.22 bits per heavy atom. The number of carbonyl (C=O) groups is 1. The van der Waals surface area contributed by atoms with E-state index in [0.717, 1.165) is 34.5 Å². The first-order valence-corrected chi connectivity index (χ1v) is 9.91. The van der Waals surface area contributed by atoms with Gasteiger partial charge >= 0.3 is 6.01 Å². The number of aryl methyl sites for hydroxylation is 1. The molecule has 2 aliphatic rings. The van der Waals surface area contributed by atoms with Gasteiger partial charge in [-0.25, -0.2) is 9.98 Å². The van der Waals surface area contributed by atoms with E-state index in [2.05, 4.69) is 28.3 Å². The maximum Gasteiger partial charge on any atom is 0.302 e. The number of hydrogen-bond acceptors (Lipinski definition) is 7. The van der Waals surface area contributed by atoms with Crippen LogP contribution in [0.1, 0.15) is 35.7 Å². The summed E-state index contributed by atoms with van der Waals surface area (Å²) in [5.74, 6) is 0.452. The van der Waals surface area contributed by atoms with Gasteiger partial charge in [-0.1, -0.05) is 12.1 Å². The summed E-state index contributed by atoms with van der Waals surface area (Å²) in [7, 11) is 0. The minimum Gasteiger partial charge on any atom is -0.423 e. The summed E-state index contributed by atoms with van der Waals surface area (Å²) < 4.78 is 5.74. The monoisotopic (exact) mass is 378 g/mol. The maximum absolute atomic E-state index is 12.6. The predicted octanol–water partition coefficient (Wildman–Crippen LogP) is 4.53. The molecule has 1 aliphatic heterocycles. The lowest BCUT2D eigenvalue weighted by Crippen LogP contribution is -2.37. The first kappa shape index (κ1) is 16.4. The second-order valence-corrected chi connectivity index (χ2v) is 7.83. The number of aliphatic imine (C=N–C) groups is 2. The average molecular weight is 378 g/mol. The summed E-state index contributed by atoms with van der Waals surface area (Å²) in [4.78, 5) is 27.6. The van der Waals surface area contributed by atoms with E-state index in [-0.39, 0.29) is 17.7 Å². The van der Waals surface area contributed by atoms with Gasteiger partial charge in [0.2, 0.25) is 5.96 Å². The molecule has 0 spiro atoms. The molecule has 1 aromatic carbocycles. The summed E-state index contributed by atoms with van der Waals surface area (Å²) >= 11 is 1.64. The van der Waals surface area contributed by atoms with Gasteiger partial charge in [0.1, 0.15) is 17.3 Å². The highest BCUT2D eigenvalue weighted by Crippen LogP contribution is 2.39. The number of Topliss-reactive ketones (excluding diaryl/α,β-unsaturated/α-hetero) is 1. The zero-order valence-corrected chi connectivity index (χ0v) is 15.6. The van der Waals surface area contributed by atoms with Crippen LogP contribution in [-0.4, -0.2) is 22.4 Å². The lowest BCUT2D eigenvalue weighted by molar-refractivity contribution is -0.122. The fourth-order valence-electron chi connectivity index (χ4n) is 3.77. The van der Waals surface area contributed by atoms with Crippen molar-refractivity contribution in [1.82, 2.24) is 4.98 Å². The molecule has 7 heteroatoms. The van der Waals surface area contributed by atoms with E-state index < -0.39 is 0 Å². The Hall–Kier alpha value is -2.80. The van der Waals surface area contributed by atoms with E-state index in [1.54, 1.807) is 11.3 Å². The molecule has 5 rings (SSSR count). The summed E-state index contributed by atoms with van der Waals surface area (Å²) in [6, 6.07) is 9.80. The van der Waals surface area contributed by atoms with Crippen molar-refractivity contribution in [2.75, 3.05) is 5.32 Å². The third-order valence-corrected chi connectivity index (χ3v) is 6.16. The van der Waals surface area contributed by atoms with E-state index >= 15 is 0 Å². The van der Waals surface area contributed by atoms with Crippen molar-refractivity contribution in [3.8, 4) is 0 Å². The molecule has 0 bridgehead atoms. The smallest absolute Gasteiger partial charge is 0.302 e. The number of hydrogen-bond donors (Lipinski definition) is 1. The molecule has 0 saturated heterocycles. The number of guanidine groups is 1. The first-order chi connectivity index (χ1) is 13.2. The quantitative estimate of drug-likeness (QED) is 0.710. The molecule has 6 nitrogen and oxygen atoms in total. The number of para-hydroxylation sites is 2. The van der Waals surface area contributed by atoms with Gasteiger partial charge in [-0.2, -0.15) is 4.98 Å². The van der Waals surface area contributed by atoms with Crippen LogP contribution in [0.4, 0.5) is 6.01 Å². The Kier molecular flexibility index (Phi) is 3.89. The predicted molar refractivity (Wildman–Crippen MR) is 107 cm³/mol. The molecule has 0 amide bonds. The third-order valence-electron chi connectivity index (χ3n) is 5.07. The van der Waals surface area contributed by atoms with E-state index in [1.807, 2.05) is 29.6 Å². The van der Waals surface area contributed by atoms with E-state index in [9.17, 15) is 4.79 Å². The van der Waals surface area contributed by atoms with Gasteiger partial charge in [0.25, 0.3) is 0 Å². The second-order valence-electron chi connectivity index (χ2n) is 6.88. The molecular weight excluding hydrogens is 360 g/mol. The molecule has 1 N–H and O–H groups in total. The number of fused-ring (bicyclic) bond motifs is 2. The SMILES string of the molecule is Cc1ccsc1C1N=C(Nc2nc3ccccc3o2)N=C2CCCC(=O)C21. The van der Waals surface area contributed by atoms with Crippen LogP contribution in [0.5, 0.6) is 0 Å². The molecule has 1 saturated carbocycles. The molecule has 136 valence electrons. The summed E-state index contributed by atoms with van der Waals surface area (Å²) in [5.41, 5.74) is 3.56. The maximum atomic E-state index is 12.6. The van der Waals surface area contributed by atoms with Gasteiger partial charge in [0, 0.05) is 17.0 Å². The standard InChI is InChI=1S/C20H18N4O2S/c1-11-9-10-27-18(11)17-16-13(6-4-7-14(16)25)21-19(23-17)24-20-22-12-5-2-3-8-15(12)26-20/h2-3,5,8-10,16-17H,4,6-7H2,1H3,(H,22,23,24). The van der Waals surface area contributed by atoms with Gasteiger partial charge in [-0.15, -0.1) is 11.3 Å². The van der Waals surface area contributed by atoms with Gasteiger partial charge in [0.15, 0.2) is 5.58 Å². The van der Waals surface area contributed by atoms with Crippen molar-refractivity contribution >= 4 is 45.9 Å². The Labute approximate surface area is 160 Å². The minimum atomic E-state index is -0.245. The van der Waals surface area contributed by atoms with E-state index in [1.165, 1.54) is 0 Å². The zero-order chi connectivity index (χ0) is 18.4. The first-order valence-electron chi connectivity index (χ1n) is 9.03. The number of thiophene rings is 1. The normalized spacial score (nSPS) is 22.3. The highest BCUT2D eigenvalue weighted by Gasteiger charge is 2.40. The highest BCUT2D eigenvalue weighted by atomic mass is 32.1. The highest BCUT2D eigenvalue weighted by molar-refractivity contribution is 7.10. The van der Waals surface area contributed by atoms with Gasteiger partial charge < -0.3 is 4.42 Å². The molecule has 3 heterocycles. The molecule has 2 aromatic heterocycles. The number of ketones is 1. The lowest BCUT2D eigenvalue weighted by Gasteiger charge is -2.31. The number of carbonyl (C=O) groups excluding carboxylic acids is 1. The van der Waals surface area contributed by atoms with E-state index in [0.29, 0.717) is 24.0 Å². The van der Waals surface area contributed by atoms with Crippen LogP contribution in [0, 0.1) is 12.8 Å². The van der Waals surface area contributed by atoms with Crippen molar-refractivity contribution in [2.45, 2.75) is 32.2 Å². The van der Waals surface area contributed by atoms with Crippen LogP contribution in [0.2, 0.25) is 0 Å². The molecule has 2 atom stereocenters. The summed E-state index contributed by atoms with van der Waals surface area (Å²) in [6.45, 7) is 2.06. The number of anilines is 1. The molecule has 0 radical (unpaired) electrons. The van der Waals surface area contributed by atoms with Crippen molar-refractivity contribution < 1.29 is 9.21 Å². The number of rotatable bonds is 2. The lowest BCUT2D eigenvalue weighted by atomic mass is 9.79. The third kappa shape index (κ3) is 2.88. The minimum absolute atomic E-state index is 0.225. The van der Waals surface area contributed by atoms with Crippen LogP contribution < -0.4 is 5.32 Å². The number of nitrogens with zero attached hydrogens (tertiary/aromatic N) is 3. The van der Waals surface area contributed by atoms with Crippen molar-refractivity contribution in [2.24, 2.45) is 15.9 Å². The number of aromatic nitrogens is 1. The molecular formula is C20H18N4O2S. The van der Waals surface area contributed by atoms with Crippen LogP contribution in [-0.2, 0) is 4.79 Å². The van der Waals surface area contributed by atoms with Crippen molar-refractivity contribution in [1.29, 1.82) is 0 Å². The van der Waals surface area contributed by atoms with Gasteiger partial charge in [-0.05, 0) is 48.9 Å². The summed E-state index contributed by atoms with van der Waals surface area (Å²) in [5, 5.41) is 5.16. The number of nitrogens with one attached hydrogen (secondary N) is 1. The zero-order valence-electron chi connectivity index (χ0n) is 14.8. The van der Waals surface area contributed by atoms with Gasteiger partial charge in [-0.3, -0.25) is 10.1 Å². The fourth-order valence-corrected chi connectivity index (χ4v) is 4.78.